The van der Waals surface area contributed by atoms with E-state index in [0.717, 1.165) is 47.1 Å². The maximum atomic E-state index is 13.0. The topological polar surface area (TPSA) is 80.8 Å². The van der Waals surface area contributed by atoms with Gasteiger partial charge in [-0.15, -0.1) is 11.3 Å². The molecule has 1 aliphatic carbocycles. The third-order valence-corrected chi connectivity index (χ3v) is 9.53. The van der Waals surface area contributed by atoms with Crippen molar-refractivity contribution in [2.75, 3.05) is 18.1 Å². The van der Waals surface area contributed by atoms with Crippen LogP contribution in [0, 0.1) is 0 Å². The Kier molecular flexibility index (Phi) is 7.22. The van der Waals surface area contributed by atoms with E-state index in [2.05, 4.69) is 0 Å². The van der Waals surface area contributed by atoms with E-state index in [-0.39, 0.29) is 29.5 Å². The van der Waals surface area contributed by atoms with E-state index in [1.807, 2.05) is 24.3 Å². The highest BCUT2D eigenvalue weighted by atomic mass is 35.5. The van der Waals surface area contributed by atoms with Gasteiger partial charge >= 0.3 is 5.97 Å². The first-order chi connectivity index (χ1) is 15.3. The Morgan fingerprint density at radius 1 is 1.12 bits per heavy atom. The third kappa shape index (κ3) is 5.35. The standard InChI is InChI=1S/C23H26ClNO5S2/c24-23-18-8-4-5-9-19(18)31-20(23)10-11-22(27)30-14-21(26)25(16-6-2-1-3-7-16)17-12-13-32(28,29)15-17/h4-5,8-11,16-17H,1-3,6-7,12-15H2/b11-10+. The van der Waals surface area contributed by atoms with E-state index in [4.69, 9.17) is 16.3 Å². The summed E-state index contributed by atoms with van der Waals surface area (Å²) in [5.74, 6) is -0.852. The first-order valence-electron chi connectivity index (χ1n) is 10.9. The number of benzene rings is 1. The highest BCUT2D eigenvalue weighted by Gasteiger charge is 2.38. The first-order valence-corrected chi connectivity index (χ1v) is 13.9. The molecule has 4 rings (SSSR count). The average Bonchev–Trinajstić information content (AvgIpc) is 3.30. The van der Waals surface area contributed by atoms with Crippen molar-refractivity contribution >= 4 is 60.8 Å². The molecule has 1 amide bonds. The molecule has 32 heavy (non-hydrogen) atoms. The quantitative estimate of drug-likeness (QED) is 0.436. The van der Waals surface area contributed by atoms with Crippen LogP contribution < -0.4 is 0 Å². The van der Waals surface area contributed by atoms with Gasteiger partial charge in [0, 0.05) is 33.1 Å². The minimum absolute atomic E-state index is 0.00642. The van der Waals surface area contributed by atoms with Crippen molar-refractivity contribution in [3.63, 3.8) is 0 Å². The molecule has 1 aromatic carbocycles. The number of carbonyl (C=O) groups excluding carboxylic acids is 2. The van der Waals surface area contributed by atoms with Crippen molar-refractivity contribution in [1.82, 2.24) is 4.90 Å². The van der Waals surface area contributed by atoms with Gasteiger partial charge < -0.3 is 9.64 Å². The number of halogens is 1. The van der Waals surface area contributed by atoms with Gasteiger partial charge in [-0.05, 0) is 31.4 Å². The molecule has 6 nitrogen and oxygen atoms in total. The summed E-state index contributed by atoms with van der Waals surface area (Å²) in [5.41, 5.74) is 0. The Labute approximate surface area is 197 Å². The van der Waals surface area contributed by atoms with Gasteiger partial charge in [0.2, 0.25) is 0 Å². The summed E-state index contributed by atoms with van der Waals surface area (Å²) in [6, 6.07) is 7.40. The summed E-state index contributed by atoms with van der Waals surface area (Å²) in [7, 11) is -3.12. The van der Waals surface area contributed by atoms with Gasteiger partial charge in [0.15, 0.2) is 16.4 Å². The van der Waals surface area contributed by atoms with E-state index in [1.54, 1.807) is 11.0 Å². The van der Waals surface area contributed by atoms with Crippen molar-refractivity contribution < 1.29 is 22.7 Å². The van der Waals surface area contributed by atoms with Gasteiger partial charge in [-0.3, -0.25) is 4.79 Å². The molecule has 1 saturated heterocycles. The molecule has 0 radical (unpaired) electrons. The fraction of sp³-hybridized carbons (Fsp3) is 0.478. The second-order valence-corrected chi connectivity index (χ2v) is 12.1. The molecule has 2 aliphatic rings. The number of nitrogens with zero attached hydrogens (tertiary/aromatic N) is 1. The van der Waals surface area contributed by atoms with Crippen LogP contribution in [-0.2, 0) is 24.2 Å². The summed E-state index contributed by atoms with van der Waals surface area (Å²) in [5, 5.41) is 1.51. The zero-order chi connectivity index (χ0) is 22.7. The molecular weight excluding hydrogens is 470 g/mol. The number of thiophene rings is 1. The normalized spacial score (nSPS) is 21.2. The number of rotatable bonds is 6. The number of sulfone groups is 1. The average molecular weight is 496 g/mol. The fourth-order valence-electron chi connectivity index (χ4n) is 4.60. The predicted octanol–water partition coefficient (Wildman–Crippen LogP) is 4.46. The summed E-state index contributed by atoms with van der Waals surface area (Å²) in [6.07, 6.45) is 8.21. The van der Waals surface area contributed by atoms with Crippen molar-refractivity contribution in [3.05, 3.63) is 40.2 Å². The van der Waals surface area contributed by atoms with Crippen LogP contribution >= 0.6 is 22.9 Å². The molecule has 0 spiro atoms. The zero-order valence-electron chi connectivity index (χ0n) is 17.7. The SMILES string of the molecule is O=C(/C=C/c1sc2ccccc2c1Cl)OCC(=O)N(C1CCCCC1)C1CCS(=O)(=O)C1. The Morgan fingerprint density at radius 3 is 2.56 bits per heavy atom. The smallest absolute Gasteiger partial charge is 0.331 e. The van der Waals surface area contributed by atoms with E-state index in [0.29, 0.717) is 11.4 Å². The number of hydrogen-bond acceptors (Lipinski definition) is 6. The number of hydrogen-bond donors (Lipinski definition) is 0. The van der Waals surface area contributed by atoms with E-state index in [1.165, 1.54) is 17.4 Å². The number of fused-ring (bicyclic) bond motifs is 1. The van der Waals surface area contributed by atoms with Crippen molar-refractivity contribution in [2.45, 2.75) is 50.6 Å². The maximum absolute atomic E-state index is 13.0. The molecule has 1 aliphatic heterocycles. The van der Waals surface area contributed by atoms with Crippen molar-refractivity contribution in [2.24, 2.45) is 0 Å². The van der Waals surface area contributed by atoms with Gasteiger partial charge in [0.25, 0.3) is 5.91 Å². The highest BCUT2D eigenvalue weighted by Crippen LogP contribution is 2.36. The molecule has 1 atom stereocenters. The molecule has 0 bridgehead atoms. The lowest BCUT2D eigenvalue weighted by molar-refractivity contribution is -0.151. The van der Waals surface area contributed by atoms with Crippen LogP contribution in [0.1, 0.15) is 43.4 Å². The highest BCUT2D eigenvalue weighted by molar-refractivity contribution is 7.91. The molecule has 2 fully saturated rings. The lowest BCUT2D eigenvalue weighted by Crippen LogP contribution is -2.50. The first kappa shape index (κ1) is 23.3. The molecule has 1 aromatic heterocycles. The third-order valence-electron chi connectivity index (χ3n) is 6.13. The Balaban J connectivity index is 1.40. The van der Waals surface area contributed by atoms with Gasteiger partial charge in [0.05, 0.1) is 16.5 Å². The van der Waals surface area contributed by atoms with Crippen LogP contribution in [0.4, 0.5) is 0 Å². The Morgan fingerprint density at radius 2 is 1.88 bits per heavy atom. The summed E-state index contributed by atoms with van der Waals surface area (Å²) in [6.45, 7) is -0.392. The van der Waals surface area contributed by atoms with E-state index in [9.17, 15) is 18.0 Å². The number of ether oxygens (including phenoxy) is 1. The second kappa shape index (κ2) is 9.93. The second-order valence-electron chi connectivity index (χ2n) is 8.37. The molecule has 2 aromatic rings. The van der Waals surface area contributed by atoms with Crippen LogP contribution in [0.3, 0.4) is 0 Å². The van der Waals surface area contributed by atoms with Gasteiger partial charge in [0.1, 0.15) is 0 Å². The van der Waals surface area contributed by atoms with Crippen molar-refractivity contribution in [3.8, 4) is 0 Å². The summed E-state index contributed by atoms with van der Waals surface area (Å²) in [4.78, 5) is 27.7. The molecule has 9 heteroatoms. The van der Waals surface area contributed by atoms with Crippen LogP contribution in [0.5, 0.6) is 0 Å². The van der Waals surface area contributed by atoms with Gasteiger partial charge in [-0.1, -0.05) is 49.1 Å². The monoisotopic (exact) mass is 495 g/mol. The van der Waals surface area contributed by atoms with Crippen LogP contribution in [0.15, 0.2) is 30.3 Å². The molecule has 1 unspecified atom stereocenters. The van der Waals surface area contributed by atoms with E-state index >= 15 is 0 Å². The number of carbonyl (C=O) groups is 2. The predicted molar refractivity (Wildman–Crippen MR) is 128 cm³/mol. The number of amides is 1. The van der Waals surface area contributed by atoms with Crippen LogP contribution in [0.2, 0.25) is 5.02 Å². The fourth-order valence-corrected chi connectivity index (χ4v) is 7.71. The van der Waals surface area contributed by atoms with Gasteiger partial charge in [-0.2, -0.15) is 0 Å². The minimum atomic E-state index is -3.12. The summed E-state index contributed by atoms with van der Waals surface area (Å²) >= 11 is 7.86. The zero-order valence-corrected chi connectivity index (χ0v) is 20.1. The molecule has 172 valence electrons. The van der Waals surface area contributed by atoms with Crippen molar-refractivity contribution in [1.29, 1.82) is 0 Å². The molecule has 0 N–H and O–H groups in total. The lowest BCUT2D eigenvalue weighted by atomic mass is 9.93. The lowest BCUT2D eigenvalue weighted by Gasteiger charge is -2.38. The van der Waals surface area contributed by atoms with E-state index < -0.39 is 22.4 Å². The largest absolute Gasteiger partial charge is 0.452 e. The molecule has 1 saturated carbocycles. The van der Waals surface area contributed by atoms with Crippen LogP contribution in [-0.4, -0.2) is 55.4 Å². The summed E-state index contributed by atoms with van der Waals surface area (Å²) < 4.78 is 30.2. The number of esters is 1. The molecular formula is C23H26ClNO5S2. The molecule has 2 heterocycles. The maximum Gasteiger partial charge on any atom is 0.331 e. The minimum Gasteiger partial charge on any atom is -0.452 e. The van der Waals surface area contributed by atoms with Gasteiger partial charge in [-0.25, -0.2) is 13.2 Å². The Bertz CT molecular complexity index is 1130. The Hall–Kier alpha value is -1.90. The van der Waals surface area contributed by atoms with Crippen LogP contribution in [0.25, 0.3) is 16.2 Å².